The van der Waals surface area contributed by atoms with Gasteiger partial charge in [-0.3, -0.25) is 9.69 Å². The molecule has 0 aromatic carbocycles. The lowest BCUT2D eigenvalue weighted by molar-refractivity contribution is -0.120. The van der Waals surface area contributed by atoms with Crippen LogP contribution in [0.25, 0.3) is 5.82 Å². The summed E-state index contributed by atoms with van der Waals surface area (Å²) in [5.41, 5.74) is 0.812. The van der Waals surface area contributed by atoms with Gasteiger partial charge in [0.15, 0.2) is 5.82 Å². The standard InChI is InChI=1S/C18H19N7O/c1-23-10-11-24(18(26)13-23)14-6-7-15(19-12-14)21-16-4-2-5-17(22-16)25-9-3-8-20-25/h2-9,12H,10-11,13H2,1H3,(H,19,21,22). The van der Waals surface area contributed by atoms with Crippen molar-refractivity contribution >= 4 is 23.2 Å². The van der Waals surface area contributed by atoms with Gasteiger partial charge in [0.05, 0.1) is 18.4 Å². The average Bonchev–Trinajstić information content (AvgIpc) is 3.18. The zero-order valence-corrected chi connectivity index (χ0v) is 14.4. The van der Waals surface area contributed by atoms with Crippen molar-refractivity contribution < 1.29 is 4.79 Å². The molecule has 0 unspecified atom stereocenters. The first-order valence-electron chi connectivity index (χ1n) is 8.38. The third kappa shape index (κ3) is 3.40. The van der Waals surface area contributed by atoms with Gasteiger partial charge in [-0.15, -0.1) is 0 Å². The molecule has 26 heavy (non-hydrogen) atoms. The lowest BCUT2D eigenvalue weighted by Gasteiger charge is -2.31. The fourth-order valence-corrected chi connectivity index (χ4v) is 2.84. The summed E-state index contributed by atoms with van der Waals surface area (Å²) in [7, 11) is 1.95. The van der Waals surface area contributed by atoms with Gasteiger partial charge in [0.25, 0.3) is 0 Å². The minimum absolute atomic E-state index is 0.0925. The van der Waals surface area contributed by atoms with E-state index in [9.17, 15) is 4.79 Å². The van der Waals surface area contributed by atoms with Crippen molar-refractivity contribution in [1.29, 1.82) is 0 Å². The summed E-state index contributed by atoms with van der Waals surface area (Å²) in [5, 5.41) is 7.36. The maximum absolute atomic E-state index is 12.2. The second kappa shape index (κ2) is 6.93. The van der Waals surface area contributed by atoms with E-state index in [1.54, 1.807) is 22.0 Å². The quantitative estimate of drug-likeness (QED) is 0.772. The van der Waals surface area contributed by atoms with E-state index < -0.39 is 0 Å². The number of hydrogen-bond acceptors (Lipinski definition) is 6. The summed E-state index contributed by atoms with van der Waals surface area (Å²) >= 11 is 0. The van der Waals surface area contributed by atoms with E-state index in [-0.39, 0.29) is 5.91 Å². The largest absolute Gasteiger partial charge is 0.325 e. The number of likely N-dealkylation sites (N-methyl/N-ethyl adjacent to an activating group) is 1. The van der Waals surface area contributed by atoms with Crippen molar-refractivity contribution in [2.75, 3.05) is 36.9 Å². The fraction of sp³-hybridized carbons (Fsp3) is 0.222. The third-order valence-corrected chi connectivity index (χ3v) is 4.20. The number of rotatable bonds is 4. The molecule has 1 saturated heterocycles. The average molecular weight is 349 g/mol. The summed E-state index contributed by atoms with van der Waals surface area (Å²) in [6.45, 7) is 1.97. The van der Waals surface area contributed by atoms with Crippen molar-refractivity contribution in [1.82, 2.24) is 24.6 Å². The Morgan fingerprint density at radius 1 is 1.08 bits per heavy atom. The van der Waals surface area contributed by atoms with Crippen LogP contribution in [0.5, 0.6) is 0 Å². The van der Waals surface area contributed by atoms with Gasteiger partial charge in [-0.2, -0.15) is 5.10 Å². The molecular formula is C18H19N7O. The smallest absolute Gasteiger partial charge is 0.241 e. The number of aromatic nitrogens is 4. The maximum Gasteiger partial charge on any atom is 0.241 e. The van der Waals surface area contributed by atoms with Gasteiger partial charge in [0.2, 0.25) is 5.91 Å². The van der Waals surface area contributed by atoms with Crippen LogP contribution in [0, 0.1) is 0 Å². The van der Waals surface area contributed by atoms with Gasteiger partial charge in [-0.05, 0) is 37.4 Å². The van der Waals surface area contributed by atoms with Crippen molar-refractivity contribution in [2.45, 2.75) is 0 Å². The highest BCUT2D eigenvalue weighted by molar-refractivity contribution is 5.95. The summed E-state index contributed by atoms with van der Waals surface area (Å²) in [5.74, 6) is 2.16. The van der Waals surface area contributed by atoms with Crippen molar-refractivity contribution in [3.63, 3.8) is 0 Å². The van der Waals surface area contributed by atoms with Crippen molar-refractivity contribution in [2.24, 2.45) is 0 Å². The normalized spacial score (nSPS) is 15.3. The Morgan fingerprint density at radius 3 is 2.73 bits per heavy atom. The summed E-state index contributed by atoms with van der Waals surface area (Å²) in [4.78, 5) is 24.9. The summed E-state index contributed by atoms with van der Waals surface area (Å²) in [6, 6.07) is 11.3. The van der Waals surface area contributed by atoms with Crippen molar-refractivity contribution in [3.8, 4) is 5.82 Å². The van der Waals surface area contributed by atoms with Gasteiger partial charge < -0.3 is 10.2 Å². The Hall–Kier alpha value is -3.26. The van der Waals surface area contributed by atoms with E-state index in [4.69, 9.17) is 0 Å². The van der Waals surface area contributed by atoms with Gasteiger partial charge in [0.1, 0.15) is 11.6 Å². The van der Waals surface area contributed by atoms with Crippen LogP contribution in [0.15, 0.2) is 55.0 Å². The molecule has 0 saturated carbocycles. The van der Waals surface area contributed by atoms with Crippen LogP contribution in [0.4, 0.5) is 17.3 Å². The molecule has 8 heteroatoms. The molecule has 0 atom stereocenters. The van der Waals surface area contributed by atoms with E-state index >= 15 is 0 Å². The number of pyridine rings is 2. The first kappa shape index (κ1) is 16.2. The minimum Gasteiger partial charge on any atom is -0.325 e. The van der Waals surface area contributed by atoms with Crippen LogP contribution in [0.2, 0.25) is 0 Å². The van der Waals surface area contributed by atoms with E-state index in [0.717, 1.165) is 18.1 Å². The molecule has 0 spiro atoms. The predicted octanol–water partition coefficient (Wildman–Crippen LogP) is 1.68. The maximum atomic E-state index is 12.2. The highest BCUT2D eigenvalue weighted by Gasteiger charge is 2.22. The predicted molar refractivity (Wildman–Crippen MR) is 98.7 cm³/mol. The molecule has 4 rings (SSSR count). The Morgan fingerprint density at radius 2 is 2.00 bits per heavy atom. The fourth-order valence-electron chi connectivity index (χ4n) is 2.84. The van der Waals surface area contributed by atoms with E-state index in [2.05, 4.69) is 20.4 Å². The van der Waals surface area contributed by atoms with Crippen LogP contribution >= 0.6 is 0 Å². The Labute approximate surface area is 151 Å². The number of hydrogen-bond donors (Lipinski definition) is 1. The highest BCUT2D eigenvalue weighted by atomic mass is 16.2. The molecule has 1 aliphatic rings. The molecule has 3 aromatic heterocycles. The molecule has 4 heterocycles. The van der Waals surface area contributed by atoms with Crippen LogP contribution in [0.3, 0.4) is 0 Å². The molecule has 0 aliphatic carbocycles. The lowest BCUT2D eigenvalue weighted by Crippen LogP contribution is -2.48. The number of anilines is 3. The van der Waals surface area contributed by atoms with E-state index in [1.165, 1.54) is 0 Å². The molecule has 0 bridgehead atoms. The number of carbonyl (C=O) groups is 1. The van der Waals surface area contributed by atoms with Crippen LogP contribution < -0.4 is 10.2 Å². The first-order chi connectivity index (χ1) is 12.7. The summed E-state index contributed by atoms with van der Waals surface area (Å²) < 4.78 is 1.70. The SMILES string of the molecule is CN1CCN(c2ccc(Nc3cccc(-n4cccn4)n3)nc2)C(=O)C1. The topological polar surface area (TPSA) is 79.2 Å². The molecule has 132 valence electrons. The number of nitrogens with zero attached hydrogens (tertiary/aromatic N) is 6. The lowest BCUT2D eigenvalue weighted by atomic mass is 10.2. The Kier molecular flexibility index (Phi) is 4.32. The Balaban J connectivity index is 1.48. The Bertz CT molecular complexity index is 892. The second-order valence-electron chi connectivity index (χ2n) is 6.14. The van der Waals surface area contributed by atoms with E-state index in [0.29, 0.717) is 24.7 Å². The van der Waals surface area contributed by atoms with E-state index in [1.807, 2.05) is 54.5 Å². The van der Waals surface area contributed by atoms with Crippen LogP contribution in [-0.2, 0) is 4.79 Å². The molecule has 1 N–H and O–H groups in total. The monoisotopic (exact) mass is 349 g/mol. The molecule has 1 amide bonds. The molecule has 1 fully saturated rings. The molecule has 0 radical (unpaired) electrons. The van der Waals surface area contributed by atoms with Crippen LogP contribution in [-0.4, -0.2) is 57.2 Å². The third-order valence-electron chi connectivity index (χ3n) is 4.20. The number of piperazine rings is 1. The molecule has 3 aromatic rings. The van der Waals surface area contributed by atoms with Gasteiger partial charge in [-0.1, -0.05) is 6.07 Å². The number of nitrogens with one attached hydrogen (secondary N) is 1. The number of amides is 1. The van der Waals surface area contributed by atoms with Gasteiger partial charge in [-0.25, -0.2) is 14.6 Å². The first-order valence-corrected chi connectivity index (χ1v) is 8.38. The summed E-state index contributed by atoms with van der Waals surface area (Å²) in [6.07, 6.45) is 5.26. The zero-order chi connectivity index (χ0) is 17.9. The zero-order valence-electron chi connectivity index (χ0n) is 14.4. The molecule has 1 aliphatic heterocycles. The minimum atomic E-state index is 0.0925. The van der Waals surface area contributed by atoms with Gasteiger partial charge >= 0.3 is 0 Å². The van der Waals surface area contributed by atoms with Crippen LogP contribution in [0.1, 0.15) is 0 Å². The highest BCUT2D eigenvalue weighted by Crippen LogP contribution is 2.20. The van der Waals surface area contributed by atoms with Crippen molar-refractivity contribution in [3.05, 3.63) is 55.0 Å². The molecule has 8 nitrogen and oxygen atoms in total. The molecular weight excluding hydrogens is 330 g/mol. The second-order valence-corrected chi connectivity index (χ2v) is 6.14. The van der Waals surface area contributed by atoms with Gasteiger partial charge in [0, 0.05) is 25.5 Å². The number of carbonyl (C=O) groups excluding carboxylic acids is 1.